The number of aryl methyl sites for hydroxylation is 1. The Morgan fingerprint density at radius 2 is 1.52 bits per heavy atom. The first-order valence-electron chi connectivity index (χ1n) is 8.80. The van der Waals surface area contributed by atoms with Gasteiger partial charge in [-0.1, -0.05) is 69.5 Å². The number of ketones is 1. The number of Topliss-reactive ketones (excluding diaryl/α,β-unsaturated/α-hetero) is 1. The fourth-order valence-corrected chi connectivity index (χ4v) is 4.63. The molecule has 0 aliphatic rings. The Balaban J connectivity index is 2.05. The molecule has 0 bridgehead atoms. The first-order valence-corrected chi connectivity index (χ1v) is 11.6. The molecule has 0 amide bonds. The maximum atomic E-state index is 13.2. The zero-order valence-corrected chi connectivity index (χ0v) is 18.8. The number of hydrogen-bond donors (Lipinski definition) is 0. The third-order valence-corrected chi connectivity index (χ3v) is 6.78. The van der Waals surface area contributed by atoms with Gasteiger partial charge in [0.2, 0.25) is 5.78 Å². The van der Waals surface area contributed by atoms with Crippen LogP contribution in [0.4, 0.5) is 0 Å². The molecule has 0 aromatic heterocycles. The average molecular weight is 490 g/mol. The Labute approximate surface area is 184 Å². The number of carbonyl (C=O) groups is 1. The second kappa shape index (κ2) is 9.08. The molecule has 0 N–H and O–H groups in total. The lowest BCUT2D eigenvalue weighted by atomic mass is 10.1. The van der Waals surface area contributed by atoms with E-state index < -0.39 is 15.6 Å². The van der Waals surface area contributed by atoms with Crippen molar-refractivity contribution in [2.45, 2.75) is 12.7 Å². The van der Waals surface area contributed by atoms with E-state index in [4.69, 9.17) is 11.6 Å². The van der Waals surface area contributed by atoms with Crippen LogP contribution in [0.1, 0.15) is 27.0 Å². The number of halogens is 2. The van der Waals surface area contributed by atoms with Crippen LogP contribution < -0.4 is 0 Å². The molecule has 3 rings (SSSR count). The molecule has 3 nitrogen and oxygen atoms in total. The van der Waals surface area contributed by atoms with Crippen LogP contribution in [0.3, 0.4) is 0 Å². The Bertz CT molecular complexity index is 1150. The van der Waals surface area contributed by atoms with Crippen molar-refractivity contribution in [3.63, 3.8) is 0 Å². The molecule has 0 fully saturated rings. The largest absolute Gasteiger partial charge is 0.288 e. The highest BCUT2D eigenvalue weighted by Gasteiger charge is 2.26. The van der Waals surface area contributed by atoms with Gasteiger partial charge in [0.15, 0.2) is 9.84 Å². The lowest BCUT2D eigenvalue weighted by molar-refractivity contribution is 0.104. The van der Waals surface area contributed by atoms with Gasteiger partial charge in [-0.15, -0.1) is 0 Å². The predicted octanol–water partition coefficient (Wildman–Crippen LogP) is 6.25. The summed E-state index contributed by atoms with van der Waals surface area (Å²) >= 11 is 9.26. The third-order valence-electron chi connectivity index (χ3n) is 4.31. The van der Waals surface area contributed by atoms with Crippen molar-refractivity contribution in [2.24, 2.45) is 0 Å². The number of rotatable bonds is 6. The predicted molar refractivity (Wildman–Crippen MR) is 122 cm³/mol. The zero-order chi connectivity index (χ0) is 21.0. The summed E-state index contributed by atoms with van der Waals surface area (Å²) < 4.78 is 27.3. The van der Waals surface area contributed by atoms with Gasteiger partial charge >= 0.3 is 0 Å². The van der Waals surface area contributed by atoms with Crippen molar-refractivity contribution in [2.75, 3.05) is 0 Å². The molecular formula is C23H18BrClO3S. The van der Waals surface area contributed by atoms with Gasteiger partial charge in [0.25, 0.3) is 0 Å². The van der Waals surface area contributed by atoms with E-state index in [2.05, 4.69) is 15.9 Å². The summed E-state index contributed by atoms with van der Waals surface area (Å²) in [6, 6.07) is 20.5. The molecule has 0 radical (unpaired) electrons. The normalized spacial score (nSPS) is 12.0. The van der Waals surface area contributed by atoms with E-state index >= 15 is 0 Å². The highest BCUT2D eigenvalue weighted by atomic mass is 79.9. The average Bonchev–Trinajstić information content (AvgIpc) is 2.69. The van der Waals surface area contributed by atoms with E-state index in [1.54, 1.807) is 48.5 Å². The van der Waals surface area contributed by atoms with Gasteiger partial charge in [0, 0.05) is 15.1 Å². The Hall–Kier alpha value is -2.21. The molecule has 0 spiro atoms. The van der Waals surface area contributed by atoms with E-state index in [1.165, 1.54) is 18.2 Å². The standard InChI is InChI=1S/C23H18BrClO3S/c1-16-2-4-18(5-3-16)15-29(27,28)22(14-17-6-10-20(24)11-7-17)23(26)19-8-12-21(25)13-9-19/h2-14H,15H2,1H3. The first-order chi connectivity index (χ1) is 13.7. The van der Waals surface area contributed by atoms with E-state index in [0.29, 0.717) is 16.1 Å². The molecule has 0 heterocycles. The lowest BCUT2D eigenvalue weighted by Crippen LogP contribution is -2.16. The minimum atomic E-state index is -3.89. The molecule has 29 heavy (non-hydrogen) atoms. The zero-order valence-electron chi connectivity index (χ0n) is 15.6. The first kappa shape index (κ1) is 21.5. The van der Waals surface area contributed by atoms with Crippen LogP contribution in [0.15, 0.2) is 82.2 Å². The quantitative estimate of drug-likeness (QED) is 0.304. The molecule has 148 valence electrons. The minimum Gasteiger partial charge on any atom is -0.288 e. The minimum absolute atomic E-state index is 0.247. The molecule has 0 aliphatic carbocycles. The van der Waals surface area contributed by atoms with E-state index in [0.717, 1.165) is 10.0 Å². The number of hydrogen-bond acceptors (Lipinski definition) is 3. The summed E-state index contributed by atoms with van der Waals surface area (Å²) in [7, 11) is -3.89. The number of benzene rings is 3. The highest BCUT2D eigenvalue weighted by Crippen LogP contribution is 2.24. The second-order valence-electron chi connectivity index (χ2n) is 6.64. The highest BCUT2D eigenvalue weighted by molar-refractivity contribution is 9.10. The van der Waals surface area contributed by atoms with Crippen LogP contribution in [0.5, 0.6) is 0 Å². The van der Waals surface area contributed by atoms with Crippen LogP contribution in [0.25, 0.3) is 6.08 Å². The molecule has 3 aromatic rings. The fraction of sp³-hybridized carbons (Fsp3) is 0.0870. The van der Waals surface area contributed by atoms with Gasteiger partial charge in [0.05, 0.1) is 5.75 Å². The van der Waals surface area contributed by atoms with Crippen molar-refractivity contribution >= 4 is 49.2 Å². The monoisotopic (exact) mass is 488 g/mol. The molecule has 0 saturated carbocycles. The van der Waals surface area contributed by atoms with E-state index in [1.807, 2.05) is 19.1 Å². The number of sulfone groups is 1. The van der Waals surface area contributed by atoms with Crippen molar-refractivity contribution < 1.29 is 13.2 Å². The van der Waals surface area contributed by atoms with Gasteiger partial charge in [-0.05, 0) is 60.5 Å². The summed E-state index contributed by atoms with van der Waals surface area (Å²) in [6.45, 7) is 1.93. The van der Waals surface area contributed by atoms with Crippen molar-refractivity contribution in [1.82, 2.24) is 0 Å². The van der Waals surface area contributed by atoms with Gasteiger partial charge in [-0.3, -0.25) is 4.79 Å². The molecule has 0 aliphatic heterocycles. The van der Waals surface area contributed by atoms with Crippen LogP contribution in [0, 0.1) is 6.92 Å². The summed E-state index contributed by atoms with van der Waals surface area (Å²) in [5, 5.41) is 0.475. The maximum Gasteiger partial charge on any atom is 0.204 e. The Kier molecular flexibility index (Phi) is 6.73. The molecule has 0 atom stereocenters. The van der Waals surface area contributed by atoms with Crippen molar-refractivity contribution in [3.05, 3.63) is 109 Å². The molecule has 3 aromatic carbocycles. The summed E-state index contributed by atoms with van der Waals surface area (Å²) in [5.41, 5.74) is 2.55. The molecule has 0 saturated heterocycles. The SMILES string of the molecule is Cc1ccc(CS(=O)(=O)C(=Cc2ccc(Br)cc2)C(=O)c2ccc(Cl)cc2)cc1. The summed E-state index contributed by atoms with van der Waals surface area (Å²) in [5.74, 6) is -0.814. The Morgan fingerprint density at radius 1 is 0.931 bits per heavy atom. The van der Waals surface area contributed by atoms with Gasteiger partial charge in [-0.2, -0.15) is 0 Å². The van der Waals surface area contributed by atoms with Gasteiger partial charge < -0.3 is 0 Å². The van der Waals surface area contributed by atoms with Crippen LogP contribution in [-0.4, -0.2) is 14.2 Å². The molecular weight excluding hydrogens is 472 g/mol. The summed E-state index contributed by atoms with van der Waals surface area (Å²) in [6.07, 6.45) is 1.42. The third kappa shape index (κ3) is 5.66. The lowest BCUT2D eigenvalue weighted by Gasteiger charge is -2.10. The van der Waals surface area contributed by atoms with Crippen LogP contribution in [-0.2, 0) is 15.6 Å². The van der Waals surface area contributed by atoms with Gasteiger partial charge in [-0.25, -0.2) is 8.42 Å². The molecule has 6 heteroatoms. The summed E-state index contributed by atoms with van der Waals surface area (Å²) in [4.78, 5) is 12.9. The van der Waals surface area contributed by atoms with Crippen molar-refractivity contribution in [3.8, 4) is 0 Å². The van der Waals surface area contributed by atoms with E-state index in [9.17, 15) is 13.2 Å². The van der Waals surface area contributed by atoms with E-state index in [-0.39, 0.29) is 16.2 Å². The second-order valence-corrected chi connectivity index (χ2v) is 9.95. The molecule has 0 unspecified atom stereocenters. The number of allylic oxidation sites excluding steroid dienone is 1. The smallest absolute Gasteiger partial charge is 0.204 e. The van der Waals surface area contributed by atoms with Crippen LogP contribution >= 0.6 is 27.5 Å². The maximum absolute atomic E-state index is 13.2. The Morgan fingerprint density at radius 3 is 2.10 bits per heavy atom. The van der Waals surface area contributed by atoms with Crippen molar-refractivity contribution in [1.29, 1.82) is 0 Å². The number of carbonyl (C=O) groups excluding carboxylic acids is 1. The van der Waals surface area contributed by atoms with Crippen LogP contribution in [0.2, 0.25) is 5.02 Å². The fourth-order valence-electron chi connectivity index (χ4n) is 2.73. The van der Waals surface area contributed by atoms with Gasteiger partial charge in [0.1, 0.15) is 4.91 Å². The topological polar surface area (TPSA) is 51.2 Å².